The largest absolute Gasteiger partial charge is 0.381 e. The minimum atomic E-state index is -0.238. The second-order valence-electron chi connectivity index (χ2n) is 7.83. The maximum Gasteiger partial charge on any atom is 0.224 e. The molecule has 4 rings (SSSR count). The van der Waals surface area contributed by atoms with Gasteiger partial charge in [-0.15, -0.1) is 0 Å². The highest BCUT2D eigenvalue weighted by atomic mass is 19.1. The third kappa shape index (κ3) is 4.60. The van der Waals surface area contributed by atoms with Crippen LogP contribution in [0.2, 0.25) is 0 Å². The summed E-state index contributed by atoms with van der Waals surface area (Å²) in [7, 11) is 0. The van der Waals surface area contributed by atoms with Gasteiger partial charge in [-0.1, -0.05) is 24.3 Å². The Balaban J connectivity index is 1.59. The number of aromatic nitrogens is 2. The summed E-state index contributed by atoms with van der Waals surface area (Å²) >= 11 is 0. The van der Waals surface area contributed by atoms with Gasteiger partial charge in [0.15, 0.2) is 0 Å². The van der Waals surface area contributed by atoms with Crippen LogP contribution in [0, 0.1) is 18.7 Å². The first-order valence-corrected chi connectivity index (χ1v) is 10.3. The van der Waals surface area contributed by atoms with Gasteiger partial charge in [-0.2, -0.15) is 0 Å². The van der Waals surface area contributed by atoms with E-state index in [9.17, 15) is 9.18 Å². The molecule has 0 saturated carbocycles. The molecule has 1 saturated heterocycles. The molecule has 1 unspecified atom stereocenters. The maximum absolute atomic E-state index is 14.3. The van der Waals surface area contributed by atoms with Gasteiger partial charge in [-0.05, 0) is 60.6 Å². The van der Waals surface area contributed by atoms with E-state index in [1.807, 2.05) is 30.3 Å². The van der Waals surface area contributed by atoms with Crippen molar-refractivity contribution in [2.24, 2.45) is 5.92 Å². The van der Waals surface area contributed by atoms with E-state index >= 15 is 0 Å². The molecule has 5 nitrogen and oxygen atoms in total. The second kappa shape index (κ2) is 9.22. The first kappa shape index (κ1) is 20.3. The van der Waals surface area contributed by atoms with Gasteiger partial charge >= 0.3 is 0 Å². The van der Waals surface area contributed by atoms with Gasteiger partial charge in [0, 0.05) is 37.2 Å². The number of hydrogen-bond acceptors (Lipinski definition) is 3. The number of imidazole rings is 1. The predicted molar refractivity (Wildman–Crippen MR) is 114 cm³/mol. The molecule has 2 N–H and O–H groups in total. The van der Waals surface area contributed by atoms with Crippen molar-refractivity contribution >= 4 is 11.6 Å². The summed E-state index contributed by atoms with van der Waals surface area (Å²) in [6, 6.07) is 12.9. The Hall–Kier alpha value is -2.99. The van der Waals surface area contributed by atoms with Crippen LogP contribution < -0.4 is 5.32 Å². The van der Waals surface area contributed by atoms with Crippen LogP contribution in [0.1, 0.15) is 47.6 Å². The Kier molecular flexibility index (Phi) is 6.23. The van der Waals surface area contributed by atoms with Gasteiger partial charge in [0.05, 0.1) is 12.2 Å². The average Bonchev–Trinajstić information content (AvgIpc) is 3.27. The van der Waals surface area contributed by atoms with Crippen molar-refractivity contribution in [3.8, 4) is 0 Å². The van der Waals surface area contributed by atoms with Crippen LogP contribution in [0.5, 0.6) is 0 Å². The van der Waals surface area contributed by atoms with Crippen LogP contribution in [-0.2, 0) is 9.53 Å². The molecular formula is C24H26FN3O2. The molecule has 2 heterocycles. The number of H-pyrrole nitrogens is 1. The molecule has 1 aliphatic heterocycles. The standard InChI is InChI=1S/C24H26FN3O2/c1-16-20(6-3-7-21(16)25)24(22-14-26-15-27-22)18-4-2-5-19(13-18)28-23(29)12-17-8-10-30-11-9-17/h2-7,13-15,17,24H,8-12H2,1H3,(H,26,27)(H,28,29). The molecule has 1 aromatic heterocycles. The normalized spacial score (nSPS) is 15.7. The zero-order valence-electron chi connectivity index (χ0n) is 17.0. The maximum atomic E-state index is 14.3. The number of carbonyl (C=O) groups excluding carboxylic acids is 1. The summed E-state index contributed by atoms with van der Waals surface area (Å²) in [5, 5.41) is 3.03. The van der Waals surface area contributed by atoms with E-state index in [-0.39, 0.29) is 17.6 Å². The van der Waals surface area contributed by atoms with Crippen LogP contribution in [-0.4, -0.2) is 29.1 Å². The zero-order chi connectivity index (χ0) is 20.9. The minimum Gasteiger partial charge on any atom is -0.381 e. The minimum absolute atomic E-state index is 0.0130. The monoisotopic (exact) mass is 407 g/mol. The summed E-state index contributed by atoms with van der Waals surface area (Å²) in [6.07, 6.45) is 5.73. The Morgan fingerprint density at radius 1 is 1.27 bits per heavy atom. The van der Waals surface area contributed by atoms with Crippen molar-refractivity contribution in [2.75, 3.05) is 18.5 Å². The number of ether oxygens (including phenoxy) is 1. The predicted octanol–water partition coefficient (Wildman–Crippen LogP) is 4.79. The van der Waals surface area contributed by atoms with Crippen LogP contribution in [0.4, 0.5) is 10.1 Å². The third-order valence-electron chi connectivity index (χ3n) is 5.77. The van der Waals surface area contributed by atoms with E-state index in [1.54, 1.807) is 25.5 Å². The van der Waals surface area contributed by atoms with Crippen molar-refractivity contribution < 1.29 is 13.9 Å². The Bertz CT molecular complexity index is 997. The van der Waals surface area contributed by atoms with Crippen LogP contribution in [0.25, 0.3) is 0 Å². The summed E-state index contributed by atoms with van der Waals surface area (Å²) in [4.78, 5) is 19.9. The van der Waals surface area contributed by atoms with Crippen LogP contribution in [0.3, 0.4) is 0 Å². The fourth-order valence-corrected chi connectivity index (χ4v) is 4.11. The fraction of sp³-hybridized carbons (Fsp3) is 0.333. The number of hydrogen-bond donors (Lipinski definition) is 2. The Morgan fingerprint density at radius 3 is 2.83 bits per heavy atom. The average molecular weight is 407 g/mol. The molecule has 6 heteroatoms. The van der Waals surface area contributed by atoms with E-state index in [4.69, 9.17) is 4.74 Å². The Morgan fingerprint density at radius 2 is 2.07 bits per heavy atom. The number of nitrogens with one attached hydrogen (secondary N) is 2. The summed E-state index contributed by atoms with van der Waals surface area (Å²) in [5.41, 5.74) is 4.03. The lowest BCUT2D eigenvalue weighted by molar-refractivity contribution is -0.117. The second-order valence-corrected chi connectivity index (χ2v) is 7.83. The molecule has 156 valence electrons. The van der Waals surface area contributed by atoms with E-state index in [0.717, 1.165) is 48.6 Å². The van der Waals surface area contributed by atoms with Crippen molar-refractivity contribution in [1.29, 1.82) is 0 Å². The third-order valence-corrected chi connectivity index (χ3v) is 5.77. The summed E-state index contributed by atoms with van der Waals surface area (Å²) in [5.74, 6) is -0.0674. The van der Waals surface area contributed by atoms with Crippen molar-refractivity contribution in [2.45, 2.75) is 32.1 Å². The first-order valence-electron chi connectivity index (χ1n) is 10.3. The van der Waals surface area contributed by atoms with Crippen molar-refractivity contribution in [1.82, 2.24) is 9.97 Å². The zero-order valence-corrected chi connectivity index (χ0v) is 17.0. The van der Waals surface area contributed by atoms with Crippen LogP contribution >= 0.6 is 0 Å². The fourth-order valence-electron chi connectivity index (χ4n) is 4.11. The number of carbonyl (C=O) groups is 1. The molecule has 3 aromatic rings. The highest BCUT2D eigenvalue weighted by Crippen LogP contribution is 2.34. The van der Waals surface area contributed by atoms with Crippen molar-refractivity contribution in [3.05, 3.63) is 83.2 Å². The van der Waals surface area contributed by atoms with E-state index in [2.05, 4.69) is 15.3 Å². The highest BCUT2D eigenvalue weighted by molar-refractivity contribution is 5.91. The molecule has 2 aromatic carbocycles. The molecule has 0 aliphatic carbocycles. The molecule has 1 aliphatic rings. The van der Waals surface area contributed by atoms with Gasteiger partial charge in [-0.25, -0.2) is 9.37 Å². The SMILES string of the molecule is Cc1c(F)cccc1C(c1cccc(NC(=O)CC2CCOCC2)c1)c1cnc[nH]1. The van der Waals surface area contributed by atoms with Gasteiger partial charge < -0.3 is 15.0 Å². The molecular weight excluding hydrogens is 381 g/mol. The number of benzene rings is 2. The van der Waals surface area contributed by atoms with E-state index in [1.165, 1.54) is 6.07 Å². The molecule has 1 atom stereocenters. The molecule has 0 bridgehead atoms. The summed E-state index contributed by atoms with van der Waals surface area (Å²) in [6.45, 7) is 3.24. The van der Waals surface area contributed by atoms with Gasteiger partial charge in [0.25, 0.3) is 0 Å². The number of halogens is 1. The number of aromatic amines is 1. The van der Waals surface area contributed by atoms with E-state index < -0.39 is 0 Å². The van der Waals surface area contributed by atoms with Gasteiger partial charge in [-0.3, -0.25) is 4.79 Å². The van der Waals surface area contributed by atoms with E-state index in [0.29, 0.717) is 17.9 Å². The van der Waals surface area contributed by atoms with Crippen LogP contribution in [0.15, 0.2) is 55.0 Å². The first-order chi connectivity index (χ1) is 14.6. The number of amides is 1. The smallest absolute Gasteiger partial charge is 0.224 e. The Labute approximate surface area is 175 Å². The number of anilines is 1. The molecule has 30 heavy (non-hydrogen) atoms. The lowest BCUT2D eigenvalue weighted by Crippen LogP contribution is -2.22. The van der Waals surface area contributed by atoms with Crippen molar-refractivity contribution in [3.63, 3.8) is 0 Å². The lowest BCUT2D eigenvalue weighted by atomic mass is 9.86. The molecule has 0 radical (unpaired) electrons. The summed E-state index contributed by atoms with van der Waals surface area (Å²) < 4.78 is 19.6. The lowest BCUT2D eigenvalue weighted by Gasteiger charge is -2.22. The molecule has 0 spiro atoms. The van der Waals surface area contributed by atoms with Gasteiger partial charge in [0.1, 0.15) is 5.82 Å². The molecule has 1 fully saturated rings. The molecule has 1 amide bonds. The highest BCUT2D eigenvalue weighted by Gasteiger charge is 2.22. The quantitative estimate of drug-likeness (QED) is 0.617. The number of rotatable bonds is 6. The number of nitrogens with zero attached hydrogens (tertiary/aromatic N) is 1. The topological polar surface area (TPSA) is 67.0 Å². The van der Waals surface area contributed by atoms with Gasteiger partial charge in [0.2, 0.25) is 5.91 Å².